The molecule has 3 heteroatoms. The molecule has 2 aliphatic rings. The van der Waals surface area contributed by atoms with Gasteiger partial charge in [0.1, 0.15) is 0 Å². The van der Waals surface area contributed by atoms with E-state index in [9.17, 15) is 4.79 Å². The Balaban J connectivity index is 1.75. The molecule has 0 aromatic heterocycles. The first-order valence-electron chi connectivity index (χ1n) is 8.06. The summed E-state index contributed by atoms with van der Waals surface area (Å²) in [4.78, 5) is 14.4. The summed E-state index contributed by atoms with van der Waals surface area (Å²) in [6.45, 7) is 1.25. The van der Waals surface area contributed by atoms with Gasteiger partial charge >= 0.3 is 0 Å². The standard InChI is InChI=1S/C16H29NO2/c1-17(11-13-5-3-2-4-6-13)16(19)15-9-7-14(12-18)8-10-15/h13-15,18H,2-12H2,1H3. The third-order valence-electron chi connectivity index (χ3n) is 5.09. The highest BCUT2D eigenvalue weighted by molar-refractivity contribution is 5.78. The molecule has 2 fully saturated rings. The van der Waals surface area contributed by atoms with Crippen molar-refractivity contribution in [1.29, 1.82) is 0 Å². The fraction of sp³-hybridized carbons (Fsp3) is 0.938. The second kappa shape index (κ2) is 7.28. The Morgan fingerprint density at radius 2 is 1.63 bits per heavy atom. The molecule has 0 aromatic carbocycles. The molecule has 0 saturated heterocycles. The third kappa shape index (κ3) is 4.20. The van der Waals surface area contributed by atoms with Crippen molar-refractivity contribution in [3.05, 3.63) is 0 Å². The highest BCUT2D eigenvalue weighted by atomic mass is 16.3. The van der Waals surface area contributed by atoms with Gasteiger partial charge in [-0.1, -0.05) is 19.3 Å². The number of rotatable bonds is 4. The Bertz CT molecular complexity index is 278. The van der Waals surface area contributed by atoms with Crippen LogP contribution in [0, 0.1) is 17.8 Å². The molecule has 0 bridgehead atoms. The third-order valence-corrected chi connectivity index (χ3v) is 5.09. The van der Waals surface area contributed by atoms with E-state index in [0.29, 0.717) is 18.4 Å². The van der Waals surface area contributed by atoms with Gasteiger partial charge in [-0.05, 0) is 50.4 Å². The van der Waals surface area contributed by atoms with Crippen LogP contribution in [0.3, 0.4) is 0 Å². The van der Waals surface area contributed by atoms with Crippen molar-refractivity contribution in [3.63, 3.8) is 0 Å². The van der Waals surface area contributed by atoms with Crippen LogP contribution in [0.2, 0.25) is 0 Å². The summed E-state index contributed by atoms with van der Waals surface area (Å²) >= 11 is 0. The van der Waals surface area contributed by atoms with Gasteiger partial charge in [-0.15, -0.1) is 0 Å². The summed E-state index contributed by atoms with van der Waals surface area (Å²) in [7, 11) is 1.98. The van der Waals surface area contributed by atoms with Crippen LogP contribution in [0.25, 0.3) is 0 Å². The van der Waals surface area contributed by atoms with E-state index in [2.05, 4.69) is 0 Å². The quantitative estimate of drug-likeness (QED) is 0.851. The van der Waals surface area contributed by atoms with E-state index >= 15 is 0 Å². The Morgan fingerprint density at radius 3 is 2.21 bits per heavy atom. The Morgan fingerprint density at radius 1 is 1.00 bits per heavy atom. The van der Waals surface area contributed by atoms with Gasteiger partial charge in [0.05, 0.1) is 0 Å². The number of carbonyl (C=O) groups is 1. The van der Waals surface area contributed by atoms with Crippen molar-refractivity contribution in [2.45, 2.75) is 57.8 Å². The minimum atomic E-state index is 0.219. The molecular formula is C16H29NO2. The summed E-state index contributed by atoms with van der Waals surface area (Å²) in [5.41, 5.74) is 0. The number of nitrogens with zero attached hydrogens (tertiary/aromatic N) is 1. The number of carbonyl (C=O) groups excluding carboxylic acids is 1. The van der Waals surface area contributed by atoms with E-state index < -0.39 is 0 Å². The van der Waals surface area contributed by atoms with Gasteiger partial charge in [0.2, 0.25) is 5.91 Å². The van der Waals surface area contributed by atoms with Crippen LogP contribution < -0.4 is 0 Å². The lowest BCUT2D eigenvalue weighted by Gasteiger charge is -2.32. The summed E-state index contributed by atoms with van der Waals surface area (Å²) in [6, 6.07) is 0. The second-order valence-electron chi connectivity index (χ2n) is 6.62. The highest BCUT2D eigenvalue weighted by Gasteiger charge is 2.28. The van der Waals surface area contributed by atoms with Crippen molar-refractivity contribution in [2.75, 3.05) is 20.2 Å². The summed E-state index contributed by atoms with van der Waals surface area (Å²) in [5.74, 6) is 1.74. The van der Waals surface area contributed by atoms with Gasteiger partial charge in [0, 0.05) is 26.1 Å². The minimum absolute atomic E-state index is 0.219. The van der Waals surface area contributed by atoms with Crippen molar-refractivity contribution < 1.29 is 9.90 Å². The SMILES string of the molecule is CN(CC1CCCCC1)C(=O)C1CCC(CO)CC1. The number of aliphatic hydroxyl groups excluding tert-OH is 1. The minimum Gasteiger partial charge on any atom is -0.396 e. The first-order chi connectivity index (χ1) is 9.20. The molecule has 0 aliphatic heterocycles. The molecule has 0 unspecified atom stereocenters. The highest BCUT2D eigenvalue weighted by Crippen LogP contribution is 2.30. The molecule has 3 nitrogen and oxygen atoms in total. The number of amides is 1. The van der Waals surface area contributed by atoms with E-state index in [0.717, 1.165) is 38.1 Å². The maximum absolute atomic E-state index is 12.4. The van der Waals surface area contributed by atoms with Crippen molar-refractivity contribution >= 4 is 5.91 Å². The van der Waals surface area contributed by atoms with Crippen molar-refractivity contribution in [3.8, 4) is 0 Å². The average molecular weight is 267 g/mol. The predicted octanol–water partition coefficient (Wildman–Crippen LogP) is 2.82. The van der Waals surface area contributed by atoms with Crippen LogP contribution in [0.5, 0.6) is 0 Å². The van der Waals surface area contributed by atoms with Crippen LogP contribution in [0.15, 0.2) is 0 Å². The number of hydrogen-bond donors (Lipinski definition) is 1. The van der Waals surface area contributed by atoms with E-state index in [1.165, 1.54) is 32.1 Å². The predicted molar refractivity (Wildman–Crippen MR) is 76.7 cm³/mol. The monoisotopic (exact) mass is 267 g/mol. The molecule has 0 atom stereocenters. The largest absolute Gasteiger partial charge is 0.396 e. The van der Waals surface area contributed by atoms with Crippen LogP contribution in [-0.2, 0) is 4.79 Å². The van der Waals surface area contributed by atoms with E-state index in [-0.39, 0.29) is 5.92 Å². The molecule has 2 aliphatic carbocycles. The molecule has 2 saturated carbocycles. The van der Waals surface area contributed by atoms with Gasteiger partial charge < -0.3 is 10.0 Å². The Kier molecular flexibility index (Phi) is 5.68. The molecule has 1 amide bonds. The lowest BCUT2D eigenvalue weighted by atomic mass is 9.81. The normalized spacial score (nSPS) is 29.2. The molecule has 2 rings (SSSR count). The fourth-order valence-electron chi connectivity index (χ4n) is 3.75. The topological polar surface area (TPSA) is 40.5 Å². The summed E-state index contributed by atoms with van der Waals surface area (Å²) in [5, 5.41) is 9.15. The van der Waals surface area contributed by atoms with Crippen LogP contribution >= 0.6 is 0 Å². The fourth-order valence-corrected chi connectivity index (χ4v) is 3.75. The van der Waals surface area contributed by atoms with Crippen molar-refractivity contribution in [1.82, 2.24) is 4.90 Å². The zero-order valence-corrected chi connectivity index (χ0v) is 12.3. The van der Waals surface area contributed by atoms with Crippen molar-refractivity contribution in [2.24, 2.45) is 17.8 Å². The van der Waals surface area contributed by atoms with Gasteiger partial charge in [0.15, 0.2) is 0 Å². The molecule has 0 spiro atoms. The first kappa shape index (κ1) is 14.8. The van der Waals surface area contributed by atoms with Crippen LogP contribution in [0.1, 0.15) is 57.8 Å². The second-order valence-corrected chi connectivity index (χ2v) is 6.62. The number of hydrogen-bond acceptors (Lipinski definition) is 2. The van der Waals surface area contributed by atoms with Gasteiger partial charge in [0.25, 0.3) is 0 Å². The van der Waals surface area contributed by atoms with Gasteiger partial charge in [-0.2, -0.15) is 0 Å². The molecular weight excluding hydrogens is 238 g/mol. The zero-order valence-electron chi connectivity index (χ0n) is 12.3. The average Bonchev–Trinajstić information content (AvgIpc) is 2.47. The molecule has 0 aromatic rings. The zero-order chi connectivity index (χ0) is 13.7. The molecule has 110 valence electrons. The van der Waals surface area contributed by atoms with E-state index in [4.69, 9.17) is 5.11 Å². The van der Waals surface area contributed by atoms with Crippen LogP contribution in [0.4, 0.5) is 0 Å². The maximum atomic E-state index is 12.4. The van der Waals surface area contributed by atoms with Gasteiger partial charge in [-0.25, -0.2) is 0 Å². The smallest absolute Gasteiger partial charge is 0.225 e. The molecule has 0 heterocycles. The van der Waals surface area contributed by atoms with Gasteiger partial charge in [-0.3, -0.25) is 4.79 Å². The van der Waals surface area contributed by atoms with E-state index in [1.54, 1.807) is 0 Å². The Hall–Kier alpha value is -0.570. The molecule has 1 N–H and O–H groups in total. The summed E-state index contributed by atoms with van der Waals surface area (Å²) in [6.07, 6.45) is 10.6. The lowest BCUT2D eigenvalue weighted by Crippen LogP contribution is -2.38. The Labute approximate surface area is 117 Å². The van der Waals surface area contributed by atoms with E-state index in [1.807, 2.05) is 11.9 Å². The first-order valence-corrected chi connectivity index (χ1v) is 8.06. The number of aliphatic hydroxyl groups is 1. The van der Waals surface area contributed by atoms with Crippen LogP contribution in [-0.4, -0.2) is 36.1 Å². The maximum Gasteiger partial charge on any atom is 0.225 e. The summed E-state index contributed by atoms with van der Waals surface area (Å²) < 4.78 is 0. The molecule has 19 heavy (non-hydrogen) atoms. The lowest BCUT2D eigenvalue weighted by molar-refractivity contribution is -0.136. The molecule has 0 radical (unpaired) electrons.